The number of fused-ring (bicyclic) bond motifs is 3. The molecular weight excluding hydrogens is 470 g/mol. The molecule has 11 heteroatoms. The van der Waals surface area contributed by atoms with Crippen LogP contribution in [-0.2, 0) is 24.0 Å². The summed E-state index contributed by atoms with van der Waals surface area (Å²) in [6.07, 6.45) is -0.538. The molecule has 36 heavy (non-hydrogen) atoms. The Morgan fingerprint density at radius 3 is 2.50 bits per heavy atom. The van der Waals surface area contributed by atoms with Gasteiger partial charge in [0.2, 0.25) is 5.91 Å². The van der Waals surface area contributed by atoms with Crippen molar-refractivity contribution in [2.24, 2.45) is 0 Å². The molecule has 0 saturated heterocycles. The second-order valence-corrected chi connectivity index (χ2v) is 7.92. The van der Waals surface area contributed by atoms with Gasteiger partial charge in [0.25, 0.3) is 11.8 Å². The quantitative estimate of drug-likeness (QED) is 0.191. The fourth-order valence-electron chi connectivity index (χ4n) is 3.94. The maximum atomic E-state index is 12.9. The lowest BCUT2D eigenvalue weighted by Crippen LogP contribution is -2.36. The predicted octanol–water partition coefficient (Wildman–Crippen LogP) is 1.14. The molecule has 0 radical (unpaired) electrons. The summed E-state index contributed by atoms with van der Waals surface area (Å²) in [5.74, 6) is -1.77. The van der Waals surface area contributed by atoms with Crippen LogP contribution < -0.4 is 10.6 Å². The van der Waals surface area contributed by atoms with Crippen molar-refractivity contribution in [3.05, 3.63) is 59.2 Å². The van der Waals surface area contributed by atoms with Crippen LogP contribution in [0.5, 0.6) is 0 Å². The summed E-state index contributed by atoms with van der Waals surface area (Å²) >= 11 is 0. The van der Waals surface area contributed by atoms with E-state index < -0.39 is 24.6 Å². The van der Waals surface area contributed by atoms with E-state index in [2.05, 4.69) is 10.6 Å². The zero-order chi connectivity index (χ0) is 26.1. The number of aliphatic hydroxyl groups excluding tert-OH is 1. The number of aliphatic hydroxyl groups is 1. The number of amides is 3. The van der Waals surface area contributed by atoms with E-state index in [1.165, 1.54) is 7.05 Å². The SMILES string of the molecule is CN(OC(=O)OCC1c2ccccc2-c2c(C(=O)NCCNC(=O)CO)cccc21)C(=O)CCC=O. The third-order valence-corrected chi connectivity index (χ3v) is 5.61. The second-order valence-electron chi connectivity index (χ2n) is 7.92. The lowest BCUT2D eigenvalue weighted by molar-refractivity contribution is -0.166. The average molecular weight is 498 g/mol. The number of nitrogens with one attached hydrogen (secondary N) is 2. The number of rotatable bonds is 10. The van der Waals surface area contributed by atoms with Gasteiger partial charge in [-0.3, -0.25) is 14.4 Å². The molecule has 1 unspecified atom stereocenters. The Bertz CT molecular complexity index is 1150. The van der Waals surface area contributed by atoms with Gasteiger partial charge in [-0.25, -0.2) is 4.79 Å². The first-order valence-corrected chi connectivity index (χ1v) is 11.3. The maximum absolute atomic E-state index is 12.9. The Hall–Kier alpha value is -4.25. The summed E-state index contributed by atoms with van der Waals surface area (Å²) in [5, 5.41) is 14.7. The number of benzene rings is 2. The molecule has 0 fully saturated rings. The van der Waals surface area contributed by atoms with Gasteiger partial charge in [-0.05, 0) is 28.3 Å². The summed E-state index contributed by atoms with van der Waals surface area (Å²) in [6, 6.07) is 12.7. The summed E-state index contributed by atoms with van der Waals surface area (Å²) in [7, 11) is 1.26. The predicted molar refractivity (Wildman–Crippen MR) is 127 cm³/mol. The molecular formula is C25H27N3O8. The minimum Gasteiger partial charge on any atom is -0.432 e. The van der Waals surface area contributed by atoms with Crippen LogP contribution >= 0.6 is 0 Å². The van der Waals surface area contributed by atoms with Gasteiger partial charge in [-0.1, -0.05) is 36.4 Å². The first kappa shape index (κ1) is 26.4. The fourth-order valence-corrected chi connectivity index (χ4v) is 3.94. The molecule has 0 heterocycles. The molecule has 0 spiro atoms. The smallest absolute Gasteiger partial charge is 0.432 e. The molecule has 0 aliphatic heterocycles. The van der Waals surface area contributed by atoms with Crippen LogP contribution in [0.15, 0.2) is 42.5 Å². The van der Waals surface area contributed by atoms with Crippen molar-refractivity contribution < 1.29 is 38.7 Å². The van der Waals surface area contributed by atoms with Gasteiger partial charge in [-0.15, -0.1) is 0 Å². The molecule has 3 rings (SSSR count). The van der Waals surface area contributed by atoms with E-state index in [4.69, 9.17) is 14.7 Å². The van der Waals surface area contributed by atoms with Crippen molar-refractivity contribution >= 4 is 30.2 Å². The van der Waals surface area contributed by atoms with Crippen LogP contribution in [0.3, 0.4) is 0 Å². The molecule has 2 aromatic rings. The highest BCUT2D eigenvalue weighted by Crippen LogP contribution is 2.46. The zero-order valence-electron chi connectivity index (χ0n) is 19.7. The highest BCUT2D eigenvalue weighted by molar-refractivity contribution is 6.03. The second kappa shape index (κ2) is 12.5. The molecule has 0 aromatic heterocycles. The Morgan fingerprint density at radius 1 is 1.03 bits per heavy atom. The number of carbonyl (C=O) groups is 5. The van der Waals surface area contributed by atoms with Crippen LogP contribution in [0.25, 0.3) is 11.1 Å². The van der Waals surface area contributed by atoms with E-state index in [-0.39, 0.29) is 44.4 Å². The molecule has 0 saturated carbocycles. The number of hydroxylamine groups is 2. The summed E-state index contributed by atoms with van der Waals surface area (Å²) in [4.78, 5) is 63.4. The van der Waals surface area contributed by atoms with Crippen molar-refractivity contribution in [2.45, 2.75) is 18.8 Å². The maximum Gasteiger partial charge on any atom is 0.533 e. The molecule has 2 aromatic carbocycles. The van der Waals surface area contributed by atoms with Crippen LogP contribution in [0.1, 0.15) is 40.2 Å². The largest absolute Gasteiger partial charge is 0.533 e. The van der Waals surface area contributed by atoms with Gasteiger partial charge in [0.15, 0.2) is 0 Å². The van der Waals surface area contributed by atoms with Crippen LogP contribution in [0.2, 0.25) is 0 Å². The highest BCUT2D eigenvalue weighted by Gasteiger charge is 2.33. The standard InChI is InChI=1S/C25H27N3O8/c1-28(22(32)10-5-13-29)36-25(34)35-15-20-16-6-2-3-7-17(16)23-18(20)8-4-9-19(23)24(33)27-12-11-26-21(31)14-30/h2-4,6-9,13,20,30H,5,10-12,14-15H2,1H3,(H,26,31)(H,27,33). The molecule has 190 valence electrons. The van der Waals surface area contributed by atoms with Gasteiger partial charge < -0.3 is 30.1 Å². The van der Waals surface area contributed by atoms with Gasteiger partial charge in [-0.2, -0.15) is 5.06 Å². The van der Waals surface area contributed by atoms with Gasteiger partial charge >= 0.3 is 6.16 Å². The molecule has 1 aliphatic rings. The topological polar surface area (TPSA) is 151 Å². The Morgan fingerprint density at radius 2 is 1.75 bits per heavy atom. The number of carbonyl (C=O) groups excluding carboxylic acids is 5. The average Bonchev–Trinajstić information content (AvgIpc) is 3.21. The number of nitrogens with zero attached hydrogens (tertiary/aromatic N) is 1. The highest BCUT2D eigenvalue weighted by atomic mass is 16.8. The lowest BCUT2D eigenvalue weighted by Gasteiger charge is -2.17. The first-order valence-electron chi connectivity index (χ1n) is 11.3. The Kier molecular flexibility index (Phi) is 9.12. The van der Waals surface area contributed by atoms with E-state index >= 15 is 0 Å². The molecule has 11 nitrogen and oxygen atoms in total. The van der Waals surface area contributed by atoms with E-state index in [0.29, 0.717) is 17.4 Å². The van der Waals surface area contributed by atoms with E-state index in [0.717, 1.165) is 21.8 Å². The number of hydrogen-bond acceptors (Lipinski definition) is 8. The third kappa shape index (κ3) is 6.25. The minimum atomic E-state index is -1.07. The summed E-state index contributed by atoms with van der Waals surface area (Å²) < 4.78 is 5.29. The van der Waals surface area contributed by atoms with Gasteiger partial charge in [0.05, 0.1) is 0 Å². The van der Waals surface area contributed by atoms with Crippen LogP contribution in [0, 0.1) is 0 Å². The Labute approximate surface area is 207 Å². The summed E-state index contributed by atoms with van der Waals surface area (Å²) in [5.41, 5.74) is 3.63. The summed E-state index contributed by atoms with van der Waals surface area (Å²) in [6.45, 7) is -0.368. The van der Waals surface area contributed by atoms with Crippen LogP contribution in [0.4, 0.5) is 4.79 Å². The molecule has 3 N–H and O–H groups in total. The number of aldehydes is 1. The van der Waals surface area contributed by atoms with Crippen molar-refractivity contribution in [1.82, 2.24) is 15.7 Å². The van der Waals surface area contributed by atoms with Crippen LogP contribution in [-0.4, -0.2) is 73.7 Å². The van der Waals surface area contributed by atoms with E-state index in [1.54, 1.807) is 12.1 Å². The van der Waals surface area contributed by atoms with Crippen molar-refractivity contribution in [1.29, 1.82) is 0 Å². The van der Waals surface area contributed by atoms with Gasteiger partial charge in [0.1, 0.15) is 19.5 Å². The minimum absolute atomic E-state index is 0.0183. The number of ether oxygens (including phenoxy) is 1. The van der Waals surface area contributed by atoms with Crippen molar-refractivity contribution in [2.75, 3.05) is 33.4 Å². The first-order chi connectivity index (χ1) is 17.4. The fraction of sp³-hybridized carbons (Fsp3) is 0.320. The molecule has 1 atom stereocenters. The lowest BCUT2D eigenvalue weighted by atomic mass is 9.96. The molecule has 0 bridgehead atoms. The van der Waals surface area contributed by atoms with Gasteiger partial charge in [0, 0.05) is 44.5 Å². The third-order valence-electron chi connectivity index (χ3n) is 5.61. The van der Waals surface area contributed by atoms with E-state index in [9.17, 15) is 24.0 Å². The van der Waals surface area contributed by atoms with Crippen molar-refractivity contribution in [3.63, 3.8) is 0 Å². The monoisotopic (exact) mass is 497 g/mol. The zero-order valence-corrected chi connectivity index (χ0v) is 19.7. The number of hydrogen-bond donors (Lipinski definition) is 3. The van der Waals surface area contributed by atoms with Crippen molar-refractivity contribution in [3.8, 4) is 11.1 Å². The van der Waals surface area contributed by atoms with E-state index in [1.807, 2.05) is 30.3 Å². The molecule has 1 aliphatic carbocycles. The molecule has 3 amide bonds. The Balaban J connectivity index is 1.71. The normalized spacial score (nSPS) is 13.1.